The van der Waals surface area contributed by atoms with E-state index in [0.717, 1.165) is 26.2 Å². The van der Waals surface area contributed by atoms with Crippen LogP contribution in [0.5, 0.6) is 0 Å². The molecular weight excluding hydrogens is 298 g/mol. The minimum absolute atomic E-state index is 0. The summed E-state index contributed by atoms with van der Waals surface area (Å²) < 4.78 is 13.7. The molecule has 2 nitrogen and oxygen atoms in total. The molecule has 1 aliphatic heterocycles. The lowest BCUT2D eigenvalue weighted by Crippen LogP contribution is -2.44. The van der Waals surface area contributed by atoms with E-state index in [2.05, 4.69) is 10.2 Å². The number of halogens is 4. The normalized spacial score (nSPS) is 17.5. The molecule has 6 heteroatoms. The molecule has 0 unspecified atom stereocenters. The third kappa shape index (κ3) is 4.25. The predicted octanol–water partition coefficient (Wildman–Crippen LogP) is 3.29. The van der Waals surface area contributed by atoms with E-state index in [9.17, 15) is 4.39 Å². The van der Waals surface area contributed by atoms with E-state index in [0.29, 0.717) is 10.6 Å². The quantitative estimate of drug-likeness (QED) is 0.901. The fourth-order valence-electron chi connectivity index (χ4n) is 2.10. The average molecular weight is 316 g/mol. The Morgan fingerprint density at radius 2 is 1.89 bits per heavy atom. The van der Waals surface area contributed by atoms with E-state index in [1.54, 1.807) is 12.1 Å². The lowest BCUT2D eigenvalue weighted by atomic mass is 10.1. The number of hydrogen-bond donors (Lipinski definition) is 1. The maximum absolute atomic E-state index is 13.7. The van der Waals surface area contributed by atoms with E-state index in [-0.39, 0.29) is 36.7 Å². The van der Waals surface area contributed by atoms with E-state index in [4.69, 9.17) is 11.6 Å². The predicted molar refractivity (Wildman–Crippen MR) is 78.8 cm³/mol. The van der Waals surface area contributed by atoms with Crippen LogP contribution in [0.3, 0.4) is 0 Å². The molecule has 1 aromatic rings. The third-order valence-electron chi connectivity index (χ3n) is 3.11. The Morgan fingerprint density at radius 3 is 2.50 bits per heavy atom. The third-order valence-corrected chi connectivity index (χ3v) is 3.34. The first-order chi connectivity index (χ1) is 7.68. The molecule has 1 aliphatic rings. The zero-order chi connectivity index (χ0) is 11.5. The highest BCUT2D eigenvalue weighted by molar-refractivity contribution is 6.30. The topological polar surface area (TPSA) is 15.3 Å². The van der Waals surface area contributed by atoms with E-state index in [1.807, 2.05) is 6.92 Å². The van der Waals surface area contributed by atoms with Crippen LogP contribution in [0, 0.1) is 5.82 Å². The smallest absolute Gasteiger partial charge is 0.128 e. The zero-order valence-electron chi connectivity index (χ0n) is 10.2. The maximum atomic E-state index is 13.7. The van der Waals surface area contributed by atoms with Crippen molar-refractivity contribution in [3.8, 4) is 0 Å². The Morgan fingerprint density at radius 1 is 1.28 bits per heavy atom. The van der Waals surface area contributed by atoms with Crippen LogP contribution in [-0.4, -0.2) is 31.1 Å². The minimum Gasteiger partial charge on any atom is -0.314 e. The summed E-state index contributed by atoms with van der Waals surface area (Å²) in [5.74, 6) is -0.171. The zero-order valence-corrected chi connectivity index (χ0v) is 12.5. The van der Waals surface area contributed by atoms with Crippen molar-refractivity contribution in [2.45, 2.75) is 13.0 Å². The molecule has 1 aromatic carbocycles. The van der Waals surface area contributed by atoms with Gasteiger partial charge in [-0.1, -0.05) is 11.6 Å². The van der Waals surface area contributed by atoms with Gasteiger partial charge in [0, 0.05) is 42.8 Å². The van der Waals surface area contributed by atoms with Crippen molar-refractivity contribution < 1.29 is 4.39 Å². The number of nitrogens with one attached hydrogen (secondary N) is 1. The molecule has 0 saturated carbocycles. The molecule has 0 amide bonds. The van der Waals surface area contributed by atoms with Crippen molar-refractivity contribution in [3.05, 3.63) is 34.6 Å². The van der Waals surface area contributed by atoms with E-state index >= 15 is 0 Å². The van der Waals surface area contributed by atoms with Gasteiger partial charge in [0.15, 0.2) is 0 Å². The van der Waals surface area contributed by atoms with Crippen LogP contribution in [0.1, 0.15) is 18.5 Å². The van der Waals surface area contributed by atoms with Crippen LogP contribution >= 0.6 is 36.4 Å². The molecule has 18 heavy (non-hydrogen) atoms. The Bertz CT molecular complexity index is 370. The van der Waals surface area contributed by atoms with Crippen molar-refractivity contribution in [2.75, 3.05) is 26.2 Å². The van der Waals surface area contributed by atoms with Crippen LogP contribution in [0.4, 0.5) is 4.39 Å². The number of hydrogen-bond acceptors (Lipinski definition) is 2. The van der Waals surface area contributed by atoms with Gasteiger partial charge >= 0.3 is 0 Å². The molecule has 0 radical (unpaired) electrons. The van der Waals surface area contributed by atoms with Gasteiger partial charge in [-0.15, -0.1) is 24.8 Å². The highest BCUT2D eigenvalue weighted by Crippen LogP contribution is 2.25. The van der Waals surface area contributed by atoms with E-state index < -0.39 is 0 Å². The molecule has 0 bridgehead atoms. The first kappa shape index (κ1) is 17.9. The van der Waals surface area contributed by atoms with Gasteiger partial charge in [-0.25, -0.2) is 4.39 Å². The number of rotatable bonds is 2. The highest BCUT2D eigenvalue weighted by Gasteiger charge is 2.20. The van der Waals surface area contributed by atoms with Crippen LogP contribution < -0.4 is 5.32 Å². The van der Waals surface area contributed by atoms with Crippen molar-refractivity contribution >= 4 is 36.4 Å². The fraction of sp³-hybridized carbons (Fsp3) is 0.500. The largest absolute Gasteiger partial charge is 0.314 e. The van der Waals surface area contributed by atoms with Gasteiger partial charge in [-0.2, -0.15) is 0 Å². The second-order valence-corrected chi connectivity index (χ2v) is 4.56. The monoisotopic (exact) mass is 314 g/mol. The van der Waals surface area contributed by atoms with Gasteiger partial charge in [0.05, 0.1) is 0 Å². The van der Waals surface area contributed by atoms with Gasteiger partial charge < -0.3 is 5.32 Å². The summed E-state index contributed by atoms with van der Waals surface area (Å²) in [5, 5.41) is 3.88. The summed E-state index contributed by atoms with van der Waals surface area (Å²) in [4.78, 5) is 2.27. The molecule has 0 aliphatic carbocycles. The van der Waals surface area contributed by atoms with Gasteiger partial charge in [-0.05, 0) is 25.1 Å². The van der Waals surface area contributed by atoms with Gasteiger partial charge in [-0.3, -0.25) is 4.90 Å². The second-order valence-electron chi connectivity index (χ2n) is 4.13. The molecule has 0 spiro atoms. The number of piperazine rings is 1. The molecule has 1 fully saturated rings. The van der Waals surface area contributed by atoms with Crippen LogP contribution in [0.25, 0.3) is 0 Å². The summed E-state index contributed by atoms with van der Waals surface area (Å²) in [6.45, 7) is 5.86. The fourth-order valence-corrected chi connectivity index (χ4v) is 2.28. The summed E-state index contributed by atoms with van der Waals surface area (Å²) in [5.41, 5.74) is 0.689. The Balaban J connectivity index is 0.00000144. The lowest BCUT2D eigenvalue weighted by Gasteiger charge is -2.33. The molecule has 104 valence electrons. The lowest BCUT2D eigenvalue weighted by molar-refractivity contribution is 0.182. The summed E-state index contributed by atoms with van der Waals surface area (Å²) >= 11 is 5.90. The van der Waals surface area contributed by atoms with Crippen molar-refractivity contribution in [1.82, 2.24) is 10.2 Å². The summed E-state index contributed by atoms with van der Waals surface area (Å²) in [6.07, 6.45) is 0. The standard InChI is InChI=1S/C12H16ClFN2.2ClH/c1-9(16-6-4-15-5-7-16)11-8-10(13)2-3-12(11)14;;/h2-3,8-9,15H,4-7H2,1H3;2*1H/t9-;;/m1../s1. The molecule has 1 heterocycles. The van der Waals surface area contributed by atoms with Gasteiger partial charge in [0.1, 0.15) is 5.82 Å². The number of benzene rings is 1. The van der Waals surface area contributed by atoms with Gasteiger partial charge in [0.25, 0.3) is 0 Å². The molecule has 1 N–H and O–H groups in total. The van der Waals surface area contributed by atoms with E-state index in [1.165, 1.54) is 6.07 Å². The molecule has 2 rings (SSSR count). The summed E-state index contributed by atoms with van der Waals surface area (Å²) in [6, 6.07) is 4.84. The Labute approximate surface area is 125 Å². The highest BCUT2D eigenvalue weighted by atomic mass is 35.5. The van der Waals surface area contributed by atoms with Crippen molar-refractivity contribution in [2.24, 2.45) is 0 Å². The first-order valence-corrected chi connectivity index (χ1v) is 5.96. The minimum atomic E-state index is -0.171. The molecule has 1 atom stereocenters. The maximum Gasteiger partial charge on any atom is 0.128 e. The van der Waals surface area contributed by atoms with Crippen molar-refractivity contribution in [1.29, 1.82) is 0 Å². The molecule has 1 saturated heterocycles. The summed E-state index contributed by atoms with van der Waals surface area (Å²) in [7, 11) is 0. The molecular formula is C12H18Cl3FN2. The average Bonchev–Trinajstić information content (AvgIpc) is 2.32. The van der Waals surface area contributed by atoms with Gasteiger partial charge in [0.2, 0.25) is 0 Å². The second kappa shape index (κ2) is 8.18. The van der Waals surface area contributed by atoms with Crippen LogP contribution in [0.15, 0.2) is 18.2 Å². The first-order valence-electron chi connectivity index (χ1n) is 5.58. The van der Waals surface area contributed by atoms with Crippen LogP contribution in [-0.2, 0) is 0 Å². The van der Waals surface area contributed by atoms with Crippen molar-refractivity contribution in [3.63, 3.8) is 0 Å². The van der Waals surface area contributed by atoms with Crippen LogP contribution in [0.2, 0.25) is 5.02 Å². The Hall–Kier alpha value is -0.0600. The molecule has 0 aromatic heterocycles. The SMILES string of the molecule is C[C@H](c1cc(Cl)ccc1F)N1CCNCC1.Cl.Cl. The number of nitrogens with zero attached hydrogens (tertiary/aromatic N) is 1. The Kier molecular flexibility index (Phi) is 8.15.